The Morgan fingerprint density at radius 2 is 1.87 bits per heavy atom. The number of carbonyl (C=O) groups excluding carboxylic acids is 1. The number of ether oxygens (including phenoxy) is 1. The van der Waals surface area contributed by atoms with Crippen molar-refractivity contribution in [1.29, 1.82) is 0 Å². The van der Waals surface area contributed by atoms with E-state index in [2.05, 4.69) is 22.5 Å². The zero-order valence-corrected chi connectivity index (χ0v) is 17.6. The van der Waals surface area contributed by atoms with Crippen LogP contribution in [0.2, 0.25) is 0 Å². The molecule has 0 bridgehead atoms. The van der Waals surface area contributed by atoms with E-state index >= 15 is 0 Å². The summed E-state index contributed by atoms with van der Waals surface area (Å²) in [5, 5.41) is 7.72. The molecule has 2 heterocycles. The molecule has 4 rings (SSSR count). The van der Waals surface area contributed by atoms with E-state index < -0.39 is 0 Å². The number of methoxy groups -OCH3 is 1. The Bertz CT molecular complexity index is 1120. The molecule has 4 aromatic rings. The van der Waals surface area contributed by atoms with Gasteiger partial charge >= 0.3 is 0 Å². The second-order valence-corrected chi connectivity index (χ2v) is 7.40. The molecule has 0 unspecified atom stereocenters. The number of furan rings is 1. The summed E-state index contributed by atoms with van der Waals surface area (Å²) in [4.78, 5) is 13.1. The van der Waals surface area contributed by atoms with Crippen molar-refractivity contribution in [1.82, 2.24) is 15.1 Å². The molecule has 0 radical (unpaired) electrons. The molecule has 2 aromatic heterocycles. The van der Waals surface area contributed by atoms with E-state index in [-0.39, 0.29) is 11.9 Å². The molecule has 0 aliphatic carbocycles. The molecule has 0 aliphatic rings. The lowest BCUT2D eigenvalue weighted by Crippen LogP contribution is -2.34. The first kappa shape index (κ1) is 20.5. The van der Waals surface area contributed by atoms with Gasteiger partial charge in [0, 0.05) is 12.1 Å². The van der Waals surface area contributed by atoms with Crippen molar-refractivity contribution >= 4 is 5.91 Å². The Morgan fingerprint density at radius 3 is 2.55 bits per heavy atom. The third kappa shape index (κ3) is 4.86. The van der Waals surface area contributed by atoms with Crippen molar-refractivity contribution in [2.75, 3.05) is 7.11 Å². The van der Waals surface area contributed by atoms with Gasteiger partial charge in [0.1, 0.15) is 17.1 Å². The number of hydrogen-bond acceptors (Lipinski definition) is 4. The molecular formula is C25H25N3O3. The smallest absolute Gasteiger partial charge is 0.270 e. The number of amides is 1. The zero-order valence-electron chi connectivity index (χ0n) is 17.6. The maximum Gasteiger partial charge on any atom is 0.270 e. The summed E-state index contributed by atoms with van der Waals surface area (Å²) >= 11 is 0. The molecule has 1 amide bonds. The summed E-state index contributed by atoms with van der Waals surface area (Å²) in [6.45, 7) is 2.02. The summed E-state index contributed by atoms with van der Waals surface area (Å²) < 4.78 is 12.4. The van der Waals surface area contributed by atoms with Crippen LogP contribution in [-0.2, 0) is 6.42 Å². The first-order chi connectivity index (χ1) is 15.1. The molecule has 0 fully saturated rings. The standard InChI is InChI=1S/C25H25N3O3/c1-18(10-11-19-7-4-3-5-8-19)26-25(29)23-17-22(24-9-6-16-31-24)27-28(23)20-12-14-21(30-2)15-13-20/h3-9,12-18H,10-11H2,1-2H3,(H,26,29)/t18-/m1/s1. The molecule has 0 saturated carbocycles. The first-order valence-corrected chi connectivity index (χ1v) is 10.3. The minimum atomic E-state index is -0.179. The van der Waals surface area contributed by atoms with Crippen molar-refractivity contribution in [3.05, 3.63) is 90.3 Å². The number of carbonyl (C=O) groups is 1. The van der Waals surface area contributed by atoms with Crippen LogP contribution >= 0.6 is 0 Å². The molecule has 6 nitrogen and oxygen atoms in total. The van der Waals surface area contributed by atoms with Gasteiger partial charge in [0.05, 0.1) is 19.1 Å². The predicted octanol–water partition coefficient (Wildman–Crippen LogP) is 4.89. The van der Waals surface area contributed by atoms with Gasteiger partial charge in [-0.1, -0.05) is 30.3 Å². The highest BCUT2D eigenvalue weighted by molar-refractivity contribution is 5.94. The van der Waals surface area contributed by atoms with Crippen LogP contribution in [0, 0.1) is 0 Å². The zero-order chi connectivity index (χ0) is 21.6. The lowest BCUT2D eigenvalue weighted by Gasteiger charge is -2.15. The predicted molar refractivity (Wildman–Crippen MR) is 120 cm³/mol. The Hall–Kier alpha value is -3.80. The Labute approximate surface area is 181 Å². The minimum Gasteiger partial charge on any atom is -0.497 e. The van der Waals surface area contributed by atoms with Crippen molar-refractivity contribution < 1.29 is 13.9 Å². The number of nitrogens with zero attached hydrogens (tertiary/aromatic N) is 2. The van der Waals surface area contributed by atoms with Gasteiger partial charge in [0.2, 0.25) is 0 Å². The number of aryl methyl sites for hydroxylation is 1. The average Bonchev–Trinajstić information content (AvgIpc) is 3.48. The summed E-state index contributed by atoms with van der Waals surface area (Å²) in [7, 11) is 1.62. The van der Waals surface area contributed by atoms with Crippen LogP contribution < -0.4 is 10.1 Å². The molecule has 1 atom stereocenters. The number of aromatic nitrogens is 2. The fourth-order valence-electron chi connectivity index (χ4n) is 3.41. The number of nitrogens with one attached hydrogen (secondary N) is 1. The lowest BCUT2D eigenvalue weighted by molar-refractivity contribution is 0.0930. The van der Waals surface area contributed by atoms with E-state index in [1.165, 1.54) is 5.56 Å². The van der Waals surface area contributed by atoms with E-state index in [0.717, 1.165) is 24.3 Å². The Morgan fingerprint density at radius 1 is 1.10 bits per heavy atom. The Balaban J connectivity index is 1.55. The molecule has 0 aliphatic heterocycles. The van der Waals surface area contributed by atoms with E-state index in [1.807, 2.05) is 55.5 Å². The molecule has 31 heavy (non-hydrogen) atoms. The summed E-state index contributed by atoms with van der Waals surface area (Å²) in [5.74, 6) is 1.17. The van der Waals surface area contributed by atoms with Crippen molar-refractivity contribution in [2.45, 2.75) is 25.8 Å². The van der Waals surface area contributed by atoms with Crippen LogP contribution in [0.4, 0.5) is 0 Å². The van der Waals surface area contributed by atoms with Gasteiger partial charge in [-0.25, -0.2) is 4.68 Å². The van der Waals surface area contributed by atoms with Gasteiger partial charge in [-0.15, -0.1) is 0 Å². The molecule has 158 valence electrons. The van der Waals surface area contributed by atoms with E-state index in [9.17, 15) is 4.79 Å². The van der Waals surface area contributed by atoms with Crippen LogP contribution in [0.3, 0.4) is 0 Å². The third-order valence-electron chi connectivity index (χ3n) is 5.12. The quantitative estimate of drug-likeness (QED) is 0.445. The summed E-state index contributed by atoms with van der Waals surface area (Å²) in [6.07, 6.45) is 3.34. The summed E-state index contributed by atoms with van der Waals surface area (Å²) in [5.41, 5.74) is 3.07. The topological polar surface area (TPSA) is 69.3 Å². The lowest BCUT2D eigenvalue weighted by atomic mass is 10.1. The molecule has 0 spiro atoms. The van der Waals surface area contributed by atoms with Gasteiger partial charge in [-0.3, -0.25) is 4.79 Å². The van der Waals surface area contributed by atoms with E-state index in [0.29, 0.717) is 17.1 Å². The summed E-state index contributed by atoms with van der Waals surface area (Å²) in [6, 6.07) is 23.1. The Kier molecular flexibility index (Phi) is 6.17. The van der Waals surface area contributed by atoms with Crippen LogP contribution in [0.15, 0.2) is 83.5 Å². The van der Waals surface area contributed by atoms with Gasteiger partial charge in [0.25, 0.3) is 5.91 Å². The van der Waals surface area contributed by atoms with Gasteiger partial charge in [-0.05, 0) is 61.7 Å². The second kappa shape index (κ2) is 9.34. The van der Waals surface area contributed by atoms with Crippen LogP contribution in [-0.4, -0.2) is 28.8 Å². The second-order valence-electron chi connectivity index (χ2n) is 7.40. The maximum absolute atomic E-state index is 13.1. The number of hydrogen-bond donors (Lipinski definition) is 1. The minimum absolute atomic E-state index is 0.0130. The fraction of sp³-hybridized carbons (Fsp3) is 0.200. The molecule has 6 heteroatoms. The third-order valence-corrected chi connectivity index (χ3v) is 5.12. The first-order valence-electron chi connectivity index (χ1n) is 10.3. The van der Waals surface area contributed by atoms with Crippen LogP contribution in [0.1, 0.15) is 29.4 Å². The highest BCUT2D eigenvalue weighted by atomic mass is 16.5. The van der Waals surface area contributed by atoms with Crippen LogP contribution in [0.5, 0.6) is 5.75 Å². The average molecular weight is 415 g/mol. The highest BCUT2D eigenvalue weighted by Gasteiger charge is 2.20. The SMILES string of the molecule is COc1ccc(-n2nc(-c3ccco3)cc2C(=O)N[C@H](C)CCc2ccccc2)cc1. The fourth-order valence-corrected chi connectivity index (χ4v) is 3.41. The highest BCUT2D eigenvalue weighted by Crippen LogP contribution is 2.23. The van der Waals surface area contributed by atoms with Crippen LogP contribution in [0.25, 0.3) is 17.1 Å². The van der Waals surface area contributed by atoms with Gasteiger partial charge < -0.3 is 14.5 Å². The maximum atomic E-state index is 13.1. The number of rotatable bonds is 8. The molecule has 2 aromatic carbocycles. The van der Waals surface area contributed by atoms with Crippen molar-refractivity contribution in [3.63, 3.8) is 0 Å². The van der Waals surface area contributed by atoms with Gasteiger partial charge in [-0.2, -0.15) is 5.10 Å². The molecular weight excluding hydrogens is 390 g/mol. The van der Waals surface area contributed by atoms with E-state index in [1.54, 1.807) is 30.2 Å². The normalized spacial score (nSPS) is 11.8. The molecule has 1 N–H and O–H groups in total. The van der Waals surface area contributed by atoms with Crippen molar-refractivity contribution in [2.24, 2.45) is 0 Å². The number of benzene rings is 2. The van der Waals surface area contributed by atoms with E-state index in [4.69, 9.17) is 9.15 Å². The van der Waals surface area contributed by atoms with Gasteiger partial charge in [0.15, 0.2) is 5.76 Å². The monoisotopic (exact) mass is 415 g/mol. The largest absolute Gasteiger partial charge is 0.497 e. The molecule has 0 saturated heterocycles. The van der Waals surface area contributed by atoms with Crippen molar-refractivity contribution in [3.8, 4) is 22.9 Å².